The highest BCUT2D eigenvalue weighted by molar-refractivity contribution is 4.98. The van der Waals surface area contributed by atoms with E-state index in [2.05, 4.69) is 25.6 Å². The molecule has 0 aliphatic heterocycles. The lowest BCUT2D eigenvalue weighted by Gasteiger charge is -2.00. The van der Waals surface area contributed by atoms with Crippen LogP contribution in [0.4, 0.5) is 0 Å². The van der Waals surface area contributed by atoms with E-state index in [1.165, 1.54) is 0 Å². The van der Waals surface area contributed by atoms with Crippen LogP contribution in [0.15, 0.2) is 24.8 Å². The smallest absolute Gasteiger partial charge is 0.115 e. The number of aryl methyl sites for hydroxylation is 1. The Labute approximate surface area is 87.4 Å². The normalized spacial score (nSPS) is 10.5. The van der Waals surface area contributed by atoms with Crippen molar-refractivity contribution in [2.24, 2.45) is 7.05 Å². The topological polar surface area (TPSA) is 68.5 Å². The summed E-state index contributed by atoms with van der Waals surface area (Å²) in [5.74, 6) is 0. The predicted octanol–water partition coefficient (Wildman–Crippen LogP) is -0.105. The second-order valence-corrected chi connectivity index (χ2v) is 3.19. The Kier molecular flexibility index (Phi) is 2.99. The molecule has 0 aliphatic carbocycles. The van der Waals surface area contributed by atoms with Crippen LogP contribution in [-0.4, -0.2) is 25.0 Å². The molecule has 0 aliphatic rings. The summed E-state index contributed by atoms with van der Waals surface area (Å²) in [4.78, 5) is 7.95. The SMILES string of the molecule is Cn1cc(CNCc2ccncn2)nn1. The van der Waals surface area contributed by atoms with Crippen molar-refractivity contribution in [3.05, 3.63) is 36.2 Å². The van der Waals surface area contributed by atoms with Gasteiger partial charge in [-0.3, -0.25) is 4.68 Å². The van der Waals surface area contributed by atoms with Crippen LogP contribution in [0.2, 0.25) is 0 Å². The van der Waals surface area contributed by atoms with Gasteiger partial charge in [0.1, 0.15) is 6.33 Å². The first-order valence-corrected chi connectivity index (χ1v) is 4.65. The molecular weight excluding hydrogens is 192 g/mol. The average Bonchev–Trinajstić information content (AvgIpc) is 2.66. The van der Waals surface area contributed by atoms with Crippen LogP contribution in [0.1, 0.15) is 11.4 Å². The molecule has 0 amide bonds. The summed E-state index contributed by atoms with van der Waals surface area (Å²) in [7, 11) is 1.85. The lowest BCUT2D eigenvalue weighted by molar-refractivity contribution is 0.661. The monoisotopic (exact) mass is 204 g/mol. The number of hydrogen-bond acceptors (Lipinski definition) is 5. The molecule has 0 saturated carbocycles. The number of rotatable bonds is 4. The Morgan fingerprint density at radius 1 is 1.33 bits per heavy atom. The van der Waals surface area contributed by atoms with Gasteiger partial charge in [0, 0.05) is 32.5 Å². The van der Waals surface area contributed by atoms with E-state index >= 15 is 0 Å². The van der Waals surface area contributed by atoms with E-state index in [1.54, 1.807) is 17.2 Å². The molecular formula is C9H12N6. The minimum absolute atomic E-state index is 0.692. The second-order valence-electron chi connectivity index (χ2n) is 3.19. The minimum Gasteiger partial charge on any atom is -0.305 e. The Hall–Kier alpha value is -1.82. The molecule has 2 aromatic heterocycles. The molecule has 0 radical (unpaired) electrons. The van der Waals surface area contributed by atoms with E-state index in [9.17, 15) is 0 Å². The molecule has 2 rings (SSSR count). The third kappa shape index (κ3) is 2.81. The predicted molar refractivity (Wildman–Crippen MR) is 53.6 cm³/mol. The number of hydrogen-bond donors (Lipinski definition) is 1. The van der Waals surface area contributed by atoms with Crippen molar-refractivity contribution >= 4 is 0 Å². The van der Waals surface area contributed by atoms with Gasteiger partial charge in [-0.1, -0.05) is 5.21 Å². The quantitative estimate of drug-likeness (QED) is 0.753. The van der Waals surface area contributed by atoms with Crippen LogP contribution in [0, 0.1) is 0 Å². The maximum absolute atomic E-state index is 4.10. The van der Waals surface area contributed by atoms with Gasteiger partial charge in [-0.2, -0.15) is 0 Å². The number of nitrogens with one attached hydrogen (secondary N) is 1. The molecule has 0 bridgehead atoms. The highest BCUT2D eigenvalue weighted by atomic mass is 15.4. The van der Waals surface area contributed by atoms with Crippen LogP contribution >= 0.6 is 0 Å². The van der Waals surface area contributed by atoms with Crippen molar-refractivity contribution in [2.45, 2.75) is 13.1 Å². The Bertz CT molecular complexity index is 410. The van der Waals surface area contributed by atoms with Gasteiger partial charge in [-0.25, -0.2) is 9.97 Å². The largest absolute Gasteiger partial charge is 0.305 e. The van der Waals surface area contributed by atoms with Crippen molar-refractivity contribution in [3.63, 3.8) is 0 Å². The maximum Gasteiger partial charge on any atom is 0.115 e. The van der Waals surface area contributed by atoms with Crippen LogP contribution < -0.4 is 5.32 Å². The molecule has 1 N–H and O–H groups in total. The van der Waals surface area contributed by atoms with Crippen molar-refractivity contribution in [3.8, 4) is 0 Å². The van der Waals surface area contributed by atoms with Crippen LogP contribution in [0.5, 0.6) is 0 Å². The maximum atomic E-state index is 4.10. The lowest BCUT2D eigenvalue weighted by Crippen LogP contribution is -2.13. The van der Waals surface area contributed by atoms with Crippen molar-refractivity contribution < 1.29 is 0 Å². The highest BCUT2D eigenvalue weighted by Gasteiger charge is 1.97. The third-order valence-corrected chi connectivity index (χ3v) is 1.91. The summed E-state index contributed by atoms with van der Waals surface area (Å²) in [6.07, 6.45) is 5.15. The van der Waals surface area contributed by atoms with Gasteiger partial charge in [-0.15, -0.1) is 5.10 Å². The van der Waals surface area contributed by atoms with E-state index in [1.807, 2.05) is 19.3 Å². The second kappa shape index (κ2) is 4.61. The fourth-order valence-corrected chi connectivity index (χ4v) is 1.22. The molecule has 6 nitrogen and oxygen atoms in total. The van der Waals surface area contributed by atoms with Crippen molar-refractivity contribution in [2.75, 3.05) is 0 Å². The molecule has 0 unspecified atom stereocenters. The standard InChI is InChI=1S/C9H12N6/c1-15-6-9(13-14-15)5-11-4-8-2-3-10-7-12-8/h2-3,6-7,11H,4-5H2,1H3. The molecule has 0 aromatic carbocycles. The van der Waals surface area contributed by atoms with Gasteiger partial charge in [0.15, 0.2) is 0 Å². The summed E-state index contributed by atoms with van der Waals surface area (Å²) in [5, 5.41) is 11.0. The van der Waals surface area contributed by atoms with Gasteiger partial charge in [0.2, 0.25) is 0 Å². The van der Waals surface area contributed by atoms with Crippen LogP contribution in [0.3, 0.4) is 0 Å². The zero-order chi connectivity index (χ0) is 10.5. The first kappa shape index (κ1) is 9.72. The Morgan fingerprint density at radius 3 is 2.87 bits per heavy atom. The Balaban J connectivity index is 1.80. The number of aromatic nitrogens is 5. The highest BCUT2D eigenvalue weighted by Crippen LogP contribution is 1.93. The van der Waals surface area contributed by atoms with Gasteiger partial charge < -0.3 is 5.32 Å². The van der Waals surface area contributed by atoms with Crippen molar-refractivity contribution in [1.29, 1.82) is 0 Å². The molecule has 15 heavy (non-hydrogen) atoms. The first-order valence-electron chi connectivity index (χ1n) is 4.65. The minimum atomic E-state index is 0.692. The first-order chi connectivity index (χ1) is 7.34. The third-order valence-electron chi connectivity index (χ3n) is 1.91. The molecule has 0 spiro atoms. The van der Waals surface area contributed by atoms with E-state index < -0.39 is 0 Å². The lowest BCUT2D eigenvalue weighted by atomic mass is 10.4. The molecule has 0 saturated heterocycles. The van der Waals surface area contributed by atoms with E-state index in [4.69, 9.17) is 0 Å². The summed E-state index contributed by atoms with van der Waals surface area (Å²) in [5.41, 5.74) is 1.89. The molecule has 0 fully saturated rings. The fourth-order valence-electron chi connectivity index (χ4n) is 1.22. The van der Waals surface area contributed by atoms with Gasteiger partial charge in [-0.05, 0) is 6.07 Å². The number of nitrogens with zero attached hydrogens (tertiary/aromatic N) is 5. The molecule has 2 aromatic rings. The van der Waals surface area contributed by atoms with Crippen LogP contribution in [-0.2, 0) is 20.1 Å². The summed E-state index contributed by atoms with van der Waals surface area (Å²) < 4.78 is 1.68. The average molecular weight is 204 g/mol. The molecule has 0 atom stereocenters. The van der Waals surface area contributed by atoms with Gasteiger partial charge in [0.05, 0.1) is 11.4 Å². The molecule has 78 valence electrons. The molecule has 2 heterocycles. The van der Waals surface area contributed by atoms with E-state index in [-0.39, 0.29) is 0 Å². The van der Waals surface area contributed by atoms with Gasteiger partial charge in [0.25, 0.3) is 0 Å². The zero-order valence-corrected chi connectivity index (χ0v) is 8.46. The summed E-state index contributed by atoms with van der Waals surface area (Å²) in [6.45, 7) is 1.40. The van der Waals surface area contributed by atoms with E-state index in [0.717, 1.165) is 11.4 Å². The van der Waals surface area contributed by atoms with Crippen LogP contribution in [0.25, 0.3) is 0 Å². The fraction of sp³-hybridized carbons (Fsp3) is 0.333. The van der Waals surface area contributed by atoms with Gasteiger partial charge >= 0.3 is 0 Å². The van der Waals surface area contributed by atoms with E-state index in [0.29, 0.717) is 13.1 Å². The summed E-state index contributed by atoms with van der Waals surface area (Å²) >= 11 is 0. The Morgan fingerprint density at radius 2 is 2.20 bits per heavy atom. The summed E-state index contributed by atoms with van der Waals surface area (Å²) in [6, 6.07) is 1.88. The van der Waals surface area contributed by atoms with Crippen molar-refractivity contribution in [1.82, 2.24) is 30.3 Å². The molecule has 6 heteroatoms. The zero-order valence-electron chi connectivity index (χ0n) is 8.46.